The normalized spacial score (nSPS) is 12.2. The number of aliphatic hydroxyl groups is 1. The van der Waals surface area contributed by atoms with Crippen molar-refractivity contribution in [2.24, 2.45) is 0 Å². The van der Waals surface area contributed by atoms with Gasteiger partial charge in [-0.05, 0) is 48.4 Å². The van der Waals surface area contributed by atoms with Crippen LogP contribution >= 0.6 is 0 Å². The maximum atomic E-state index is 13.6. The van der Waals surface area contributed by atoms with Crippen LogP contribution in [0.25, 0.3) is 11.3 Å². The molecule has 32 heavy (non-hydrogen) atoms. The van der Waals surface area contributed by atoms with Gasteiger partial charge >= 0.3 is 0 Å². The molecule has 2 aromatic heterocycles. The van der Waals surface area contributed by atoms with E-state index >= 15 is 0 Å². The molecule has 0 unspecified atom stereocenters. The number of oxazole rings is 1. The molecule has 0 bridgehead atoms. The van der Waals surface area contributed by atoms with Gasteiger partial charge in [-0.25, -0.2) is 9.37 Å². The van der Waals surface area contributed by atoms with E-state index in [1.165, 1.54) is 12.1 Å². The minimum absolute atomic E-state index is 0.00457. The fourth-order valence-electron chi connectivity index (χ4n) is 3.68. The van der Waals surface area contributed by atoms with Crippen LogP contribution in [0.4, 0.5) is 4.39 Å². The van der Waals surface area contributed by atoms with Crippen molar-refractivity contribution >= 4 is 0 Å². The van der Waals surface area contributed by atoms with Crippen LogP contribution in [0.5, 0.6) is 5.75 Å². The van der Waals surface area contributed by atoms with Crippen molar-refractivity contribution in [2.75, 3.05) is 13.7 Å². The zero-order chi connectivity index (χ0) is 22.3. The molecule has 0 fully saturated rings. The van der Waals surface area contributed by atoms with Crippen LogP contribution in [0.15, 0.2) is 82.0 Å². The number of aliphatic hydroxyl groups excluding tert-OH is 1. The summed E-state index contributed by atoms with van der Waals surface area (Å²) in [5, 5.41) is 9.70. The molecule has 0 saturated heterocycles. The Morgan fingerprint density at radius 3 is 2.62 bits per heavy atom. The van der Waals surface area contributed by atoms with Gasteiger partial charge in [0.25, 0.3) is 0 Å². The highest BCUT2D eigenvalue weighted by atomic mass is 19.1. The molecular weight excluding hydrogens is 411 g/mol. The molecule has 1 atom stereocenters. The van der Waals surface area contributed by atoms with Crippen LogP contribution in [0.3, 0.4) is 0 Å². The highest BCUT2D eigenvalue weighted by molar-refractivity contribution is 5.56. The minimum atomic E-state index is -0.331. The summed E-state index contributed by atoms with van der Waals surface area (Å²) >= 11 is 0. The Kier molecular flexibility index (Phi) is 6.99. The quantitative estimate of drug-likeness (QED) is 0.368. The van der Waals surface area contributed by atoms with E-state index in [0.29, 0.717) is 36.7 Å². The molecule has 7 heteroatoms. The molecule has 0 spiro atoms. The average Bonchev–Trinajstić information content (AvgIpc) is 3.50. The maximum Gasteiger partial charge on any atom is 0.209 e. The third-order valence-electron chi connectivity index (χ3n) is 5.26. The smallest absolute Gasteiger partial charge is 0.209 e. The first-order valence-corrected chi connectivity index (χ1v) is 10.4. The largest absolute Gasteiger partial charge is 0.497 e. The zero-order valence-corrected chi connectivity index (χ0v) is 17.8. The lowest BCUT2D eigenvalue weighted by atomic mass is 10.1. The van der Waals surface area contributed by atoms with Crippen LogP contribution in [-0.4, -0.2) is 28.7 Å². The van der Waals surface area contributed by atoms with Crippen LogP contribution in [0.2, 0.25) is 0 Å². The molecule has 2 heterocycles. The lowest BCUT2D eigenvalue weighted by molar-refractivity contribution is 0.115. The Hall–Kier alpha value is -3.42. The van der Waals surface area contributed by atoms with Crippen LogP contribution in [0.1, 0.15) is 29.7 Å². The molecule has 0 aliphatic carbocycles. The fraction of sp³-hybridized carbons (Fsp3) is 0.240. The molecule has 166 valence electrons. The van der Waals surface area contributed by atoms with E-state index in [9.17, 15) is 9.50 Å². The fourth-order valence-corrected chi connectivity index (χ4v) is 3.68. The minimum Gasteiger partial charge on any atom is -0.497 e. The van der Waals surface area contributed by atoms with E-state index in [1.807, 2.05) is 36.4 Å². The number of furan rings is 1. The Morgan fingerprint density at radius 1 is 1.09 bits per heavy atom. The number of methoxy groups -OCH3 is 1. The number of aromatic nitrogens is 1. The van der Waals surface area contributed by atoms with E-state index in [4.69, 9.17) is 13.6 Å². The molecule has 4 aromatic rings. The summed E-state index contributed by atoms with van der Waals surface area (Å²) in [6, 6.07) is 17.6. The van der Waals surface area contributed by atoms with E-state index in [2.05, 4.69) is 9.88 Å². The van der Waals surface area contributed by atoms with Gasteiger partial charge in [0.1, 0.15) is 17.3 Å². The molecule has 6 nitrogen and oxygen atoms in total. The molecule has 0 aliphatic rings. The third-order valence-corrected chi connectivity index (χ3v) is 5.26. The SMILES string of the molecule is COc1ccc(CN(Cc2ncc(-c3cccc(F)c3)o2)[C@H](CCO)c2ccco2)cc1. The maximum absolute atomic E-state index is 13.6. The summed E-state index contributed by atoms with van der Waals surface area (Å²) in [5.41, 5.74) is 1.70. The molecule has 0 aliphatic heterocycles. The molecule has 0 radical (unpaired) electrons. The van der Waals surface area contributed by atoms with Gasteiger partial charge < -0.3 is 18.7 Å². The number of nitrogens with zero attached hydrogens (tertiary/aromatic N) is 2. The van der Waals surface area contributed by atoms with Crippen molar-refractivity contribution in [3.63, 3.8) is 0 Å². The summed E-state index contributed by atoms with van der Waals surface area (Å²) in [6.07, 6.45) is 3.71. The Morgan fingerprint density at radius 2 is 1.94 bits per heavy atom. The van der Waals surface area contributed by atoms with Gasteiger partial charge in [-0.3, -0.25) is 4.90 Å². The standard InChI is InChI=1S/C25H25FN2O4/c1-30-21-9-7-18(8-10-21)16-28(22(11-12-29)23-6-3-13-31-23)17-25-27-15-24(32-25)19-4-2-5-20(26)14-19/h2-10,13-15,22,29H,11-12,16-17H2,1H3/t22-/m1/s1. The number of halogens is 1. The van der Waals surface area contributed by atoms with Crippen molar-refractivity contribution in [2.45, 2.75) is 25.6 Å². The summed E-state index contributed by atoms with van der Waals surface area (Å²) in [4.78, 5) is 6.55. The van der Waals surface area contributed by atoms with Crippen molar-refractivity contribution < 1.29 is 23.1 Å². The molecule has 4 rings (SSSR count). The van der Waals surface area contributed by atoms with Crippen molar-refractivity contribution in [3.8, 4) is 17.1 Å². The Balaban J connectivity index is 1.61. The van der Waals surface area contributed by atoms with Crippen LogP contribution < -0.4 is 4.74 Å². The van der Waals surface area contributed by atoms with E-state index in [0.717, 1.165) is 17.1 Å². The Labute approximate surface area is 185 Å². The summed E-state index contributed by atoms with van der Waals surface area (Å²) in [6.45, 7) is 0.963. The number of hydrogen-bond donors (Lipinski definition) is 1. The lowest BCUT2D eigenvalue weighted by Crippen LogP contribution is -2.29. The summed E-state index contributed by atoms with van der Waals surface area (Å²) < 4.78 is 30.5. The topological polar surface area (TPSA) is 71.9 Å². The van der Waals surface area contributed by atoms with Gasteiger partial charge in [0, 0.05) is 18.7 Å². The summed E-state index contributed by atoms with van der Waals surface area (Å²) in [7, 11) is 1.63. The second-order valence-electron chi connectivity index (χ2n) is 7.43. The number of hydrogen-bond acceptors (Lipinski definition) is 6. The van der Waals surface area contributed by atoms with Gasteiger partial charge in [-0.2, -0.15) is 0 Å². The molecule has 1 N–H and O–H groups in total. The number of rotatable bonds is 10. The zero-order valence-electron chi connectivity index (χ0n) is 17.8. The predicted molar refractivity (Wildman–Crippen MR) is 117 cm³/mol. The third kappa shape index (κ3) is 5.25. The molecule has 0 amide bonds. The monoisotopic (exact) mass is 436 g/mol. The first kappa shape index (κ1) is 21.8. The molecular formula is C25H25FN2O4. The van der Waals surface area contributed by atoms with Gasteiger partial charge in [0.2, 0.25) is 5.89 Å². The first-order valence-electron chi connectivity index (χ1n) is 10.4. The average molecular weight is 436 g/mol. The van der Waals surface area contributed by atoms with Gasteiger partial charge in [-0.1, -0.05) is 24.3 Å². The van der Waals surface area contributed by atoms with Gasteiger partial charge in [-0.15, -0.1) is 0 Å². The van der Waals surface area contributed by atoms with Crippen molar-refractivity contribution in [3.05, 3.63) is 96.2 Å². The van der Waals surface area contributed by atoms with Crippen molar-refractivity contribution in [1.29, 1.82) is 0 Å². The first-order chi connectivity index (χ1) is 15.7. The highest BCUT2D eigenvalue weighted by Gasteiger charge is 2.25. The Bertz CT molecular complexity index is 1110. The molecule has 2 aromatic carbocycles. The van der Waals surface area contributed by atoms with Crippen LogP contribution in [-0.2, 0) is 13.1 Å². The predicted octanol–water partition coefficient (Wildman–Crippen LogP) is 5.21. The highest BCUT2D eigenvalue weighted by Crippen LogP contribution is 2.30. The van der Waals surface area contributed by atoms with E-state index in [1.54, 1.807) is 31.7 Å². The summed E-state index contributed by atoms with van der Waals surface area (Å²) in [5.74, 6) is 2.20. The number of benzene rings is 2. The van der Waals surface area contributed by atoms with E-state index < -0.39 is 0 Å². The van der Waals surface area contributed by atoms with Crippen molar-refractivity contribution in [1.82, 2.24) is 9.88 Å². The van der Waals surface area contributed by atoms with E-state index in [-0.39, 0.29) is 18.5 Å². The van der Waals surface area contributed by atoms with Gasteiger partial charge in [0.05, 0.1) is 32.2 Å². The second-order valence-corrected chi connectivity index (χ2v) is 7.43. The van der Waals surface area contributed by atoms with Crippen LogP contribution in [0, 0.1) is 5.82 Å². The lowest BCUT2D eigenvalue weighted by Gasteiger charge is -2.29. The number of ether oxygens (including phenoxy) is 1. The molecule has 0 saturated carbocycles. The van der Waals surface area contributed by atoms with Gasteiger partial charge in [0.15, 0.2) is 5.76 Å². The second kappa shape index (κ2) is 10.3.